The van der Waals surface area contributed by atoms with Gasteiger partial charge in [0.25, 0.3) is 5.91 Å². The summed E-state index contributed by atoms with van der Waals surface area (Å²) in [5.41, 5.74) is 2.27. The number of methoxy groups -OCH3 is 1. The molecule has 0 saturated carbocycles. The van der Waals surface area contributed by atoms with E-state index in [1.807, 2.05) is 6.92 Å². The largest absolute Gasteiger partial charge is 0.503 e. The van der Waals surface area contributed by atoms with Crippen LogP contribution < -0.4 is 9.64 Å². The van der Waals surface area contributed by atoms with E-state index in [-0.39, 0.29) is 10.7 Å². The molecule has 0 fully saturated rings. The number of carbonyl (C=O) groups is 2. The molecule has 0 radical (unpaired) electrons. The van der Waals surface area contributed by atoms with Crippen LogP contribution in [-0.4, -0.2) is 28.9 Å². The molecule has 5 rings (SSSR count). The molecule has 4 aromatic rings. The molecule has 34 heavy (non-hydrogen) atoms. The smallest absolute Gasteiger partial charge is 0.296 e. The van der Waals surface area contributed by atoms with Gasteiger partial charge in [0.2, 0.25) is 0 Å². The van der Waals surface area contributed by atoms with E-state index in [0.717, 1.165) is 16.9 Å². The molecule has 0 spiro atoms. The molecular weight excluding hydrogens is 455 g/mol. The number of rotatable bonds is 5. The molecule has 1 amide bonds. The molecule has 170 valence electrons. The number of aromatic nitrogens is 1. The number of Topliss-reactive ketones (excluding diaryl/α,β-unsaturated/α-hetero) is 1. The lowest BCUT2D eigenvalue weighted by Gasteiger charge is -2.25. The fraction of sp³-hybridized carbons (Fsp3) is 0.115. The first kappa shape index (κ1) is 21.8. The Bertz CT molecular complexity index is 1480. The molecule has 3 aromatic carbocycles. The van der Waals surface area contributed by atoms with Crippen LogP contribution in [0.25, 0.3) is 10.2 Å². The number of hydrogen-bond donors (Lipinski definition) is 1. The number of amides is 1. The first-order chi connectivity index (χ1) is 16.4. The zero-order chi connectivity index (χ0) is 24.0. The van der Waals surface area contributed by atoms with Gasteiger partial charge in [0.05, 0.1) is 22.9 Å². The molecule has 1 atom stereocenters. The Morgan fingerprint density at radius 3 is 2.59 bits per heavy atom. The number of aliphatic hydroxyl groups is 1. The Hall–Kier alpha value is -4.04. The number of ether oxygens (including phenoxy) is 1. The van der Waals surface area contributed by atoms with Crippen molar-refractivity contribution >= 4 is 38.4 Å². The molecule has 2 heterocycles. The van der Waals surface area contributed by atoms with Crippen LogP contribution in [0.1, 0.15) is 27.5 Å². The van der Waals surface area contributed by atoms with Crippen LogP contribution >= 0.6 is 11.3 Å². The van der Waals surface area contributed by atoms with E-state index in [9.17, 15) is 19.1 Å². The van der Waals surface area contributed by atoms with E-state index in [1.165, 1.54) is 30.2 Å². The van der Waals surface area contributed by atoms with Crippen molar-refractivity contribution in [3.8, 4) is 5.75 Å². The van der Waals surface area contributed by atoms with Crippen LogP contribution in [0.5, 0.6) is 5.75 Å². The Balaban J connectivity index is 1.70. The van der Waals surface area contributed by atoms with Gasteiger partial charge in [-0.3, -0.25) is 14.5 Å². The van der Waals surface area contributed by atoms with Crippen molar-refractivity contribution in [2.24, 2.45) is 0 Å². The maximum Gasteiger partial charge on any atom is 0.296 e. The van der Waals surface area contributed by atoms with Gasteiger partial charge in [0, 0.05) is 11.1 Å². The predicted molar refractivity (Wildman–Crippen MR) is 128 cm³/mol. The highest BCUT2D eigenvalue weighted by Gasteiger charge is 2.46. The van der Waals surface area contributed by atoms with E-state index in [1.54, 1.807) is 48.5 Å². The van der Waals surface area contributed by atoms with E-state index in [2.05, 4.69) is 4.98 Å². The predicted octanol–water partition coefficient (Wildman–Crippen LogP) is 5.54. The average molecular weight is 475 g/mol. The lowest BCUT2D eigenvalue weighted by molar-refractivity contribution is -0.117. The topological polar surface area (TPSA) is 79.7 Å². The summed E-state index contributed by atoms with van der Waals surface area (Å²) in [4.78, 5) is 32.7. The number of nitrogens with zero attached hydrogens (tertiary/aromatic N) is 2. The molecule has 6 nitrogen and oxygen atoms in total. The summed E-state index contributed by atoms with van der Waals surface area (Å²) in [6.45, 7) is 1.90. The number of benzene rings is 3. The van der Waals surface area contributed by atoms with Crippen LogP contribution in [0.3, 0.4) is 0 Å². The van der Waals surface area contributed by atoms with Crippen molar-refractivity contribution in [2.75, 3.05) is 12.0 Å². The monoisotopic (exact) mass is 474 g/mol. The standard InChI is InChI=1S/C26H19FN2O4S/c1-14-7-9-15(10-8-14)23(30)21-22(17-5-3-4-6-19(17)33-2)29(25(32)24(21)31)26-28-18-12-11-16(27)13-20(18)34-26/h3-13,22,31H,1-2H3. The van der Waals surface area contributed by atoms with Crippen molar-refractivity contribution in [1.29, 1.82) is 0 Å². The highest BCUT2D eigenvalue weighted by molar-refractivity contribution is 7.22. The highest BCUT2D eigenvalue weighted by atomic mass is 32.1. The van der Waals surface area contributed by atoms with Gasteiger partial charge in [0.15, 0.2) is 16.7 Å². The van der Waals surface area contributed by atoms with E-state index in [0.29, 0.717) is 27.1 Å². The summed E-state index contributed by atoms with van der Waals surface area (Å²) in [7, 11) is 1.49. The molecule has 1 aliphatic heterocycles. The van der Waals surface area contributed by atoms with Gasteiger partial charge < -0.3 is 9.84 Å². The number of fused-ring (bicyclic) bond motifs is 1. The fourth-order valence-electron chi connectivity index (χ4n) is 4.07. The maximum absolute atomic E-state index is 13.8. The first-order valence-corrected chi connectivity index (χ1v) is 11.3. The third-order valence-corrected chi connectivity index (χ3v) is 6.76. The molecule has 1 unspecified atom stereocenters. The van der Waals surface area contributed by atoms with Crippen molar-refractivity contribution in [1.82, 2.24) is 4.98 Å². The van der Waals surface area contributed by atoms with Gasteiger partial charge in [-0.05, 0) is 31.2 Å². The number of anilines is 1. The van der Waals surface area contributed by atoms with Crippen LogP contribution in [0.15, 0.2) is 78.1 Å². The van der Waals surface area contributed by atoms with Crippen molar-refractivity contribution in [3.63, 3.8) is 0 Å². The summed E-state index contributed by atoms with van der Waals surface area (Å²) >= 11 is 1.10. The molecule has 1 N–H and O–H groups in total. The maximum atomic E-state index is 13.8. The summed E-state index contributed by atoms with van der Waals surface area (Å²) < 4.78 is 19.8. The summed E-state index contributed by atoms with van der Waals surface area (Å²) in [6, 6.07) is 17.0. The quantitative estimate of drug-likeness (QED) is 0.385. The first-order valence-electron chi connectivity index (χ1n) is 10.5. The molecule has 0 aliphatic carbocycles. The number of carbonyl (C=O) groups excluding carboxylic acids is 2. The Morgan fingerprint density at radius 2 is 1.85 bits per heavy atom. The lowest BCUT2D eigenvalue weighted by Crippen LogP contribution is -2.31. The van der Waals surface area contributed by atoms with E-state index >= 15 is 0 Å². The fourth-order valence-corrected chi connectivity index (χ4v) is 5.09. The zero-order valence-corrected chi connectivity index (χ0v) is 19.1. The number of thiazole rings is 1. The number of ketones is 1. The van der Waals surface area contributed by atoms with Gasteiger partial charge in [-0.2, -0.15) is 0 Å². The second-order valence-electron chi connectivity index (χ2n) is 7.89. The number of aliphatic hydroxyl groups excluding tert-OH is 1. The van der Waals surface area contributed by atoms with Crippen LogP contribution in [0.4, 0.5) is 9.52 Å². The van der Waals surface area contributed by atoms with Gasteiger partial charge >= 0.3 is 0 Å². The average Bonchev–Trinajstić information content (AvgIpc) is 3.36. The molecular formula is C26H19FN2O4S. The van der Waals surface area contributed by atoms with Crippen molar-refractivity contribution in [3.05, 3.63) is 101 Å². The second-order valence-corrected chi connectivity index (χ2v) is 8.89. The van der Waals surface area contributed by atoms with Crippen molar-refractivity contribution in [2.45, 2.75) is 13.0 Å². The summed E-state index contributed by atoms with van der Waals surface area (Å²) in [5.74, 6) is -1.86. The third-order valence-electron chi connectivity index (χ3n) is 5.75. The number of aryl methyl sites for hydroxylation is 1. The Morgan fingerprint density at radius 1 is 1.12 bits per heavy atom. The van der Waals surface area contributed by atoms with E-state index in [4.69, 9.17) is 4.74 Å². The summed E-state index contributed by atoms with van der Waals surface area (Å²) in [6.07, 6.45) is 0. The Labute approximate surface area is 198 Å². The zero-order valence-electron chi connectivity index (χ0n) is 18.3. The van der Waals surface area contributed by atoms with Gasteiger partial charge in [-0.15, -0.1) is 0 Å². The molecule has 1 aromatic heterocycles. The minimum atomic E-state index is -0.983. The molecule has 8 heteroatoms. The number of hydrogen-bond acceptors (Lipinski definition) is 6. The normalized spacial score (nSPS) is 15.9. The SMILES string of the molecule is COc1ccccc1C1C(C(=O)c2ccc(C)cc2)=C(O)C(=O)N1c1nc2ccc(F)cc2s1. The van der Waals surface area contributed by atoms with Gasteiger partial charge in [-0.1, -0.05) is 59.4 Å². The van der Waals surface area contributed by atoms with Crippen LogP contribution in [0.2, 0.25) is 0 Å². The van der Waals surface area contributed by atoms with Crippen LogP contribution in [0, 0.1) is 12.7 Å². The van der Waals surface area contributed by atoms with Crippen molar-refractivity contribution < 1.29 is 23.8 Å². The van der Waals surface area contributed by atoms with E-state index < -0.39 is 29.3 Å². The van der Waals surface area contributed by atoms with Crippen LogP contribution in [-0.2, 0) is 4.79 Å². The second kappa shape index (κ2) is 8.39. The molecule has 0 saturated heterocycles. The third kappa shape index (κ3) is 3.52. The Kier molecular flexibility index (Phi) is 5.37. The minimum Gasteiger partial charge on any atom is -0.503 e. The molecule has 0 bridgehead atoms. The highest BCUT2D eigenvalue weighted by Crippen LogP contribution is 2.46. The van der Waals surface area contributed by atoms with Gasteiger partial charge in [-0.25, -0.2) is 9.37 Å². The molecule has 1 aliphatic rings. The lowest BCUT2D eigenvalue weighted by atomic mass is 9.92. The minimum absolute atomic E-state index is 0.0659. The summed E-state index contributed by atoms with van der Waals surface area (Å²) in [5, 5.41) is 11.2. The number of para-hydroxylation sites is 1. The van der Waals surface area contributed by atoms with Gasteiger partial charge in [0.1, 0.15) is 17.6 Å². The number of halogens is 1.